The summed E-state index contributed by atoms with van der Waals surface area (Å²) >= 11 is 6.05. The van der Waals surface area contributed by atoms with Crippen molar-refractivity contribution in [2.45, 2.75) is 26.3 Å². The van der Waals surface area contributed by atoms with Gasteiger partial charge in [-0.2, -0.15) is 0 Å². The van der Waals surface area contributed by atoms with E-state index in [4.69, 9.17) is 16.3 Å². The molecule has 1 saturated heterocycles. The van der Waals surface area contributed by atoms with Crippen molar-refractivity contribution in [2.75, 3.05) is 25.6 Å². The highest BCUT2D eigenvalue weighted by molar-refractivity contribution is 6.31. The van der Waals surface area contributed by atoms with Gasteiger partial charge in [-0.15, -0.1) is 0 Å². The first-order chi connectivity index (χ1) is 10.4. The molecule has 2 atom stereocenters. The lowest BCUT2D eigenvalue weighted by atomic mass is 10.1. The third kappa shape index (κ3) is 3.78. The molecule has 0 spiro atoms. The van der Waals surface area contributed by atoms with Crippen LogP contribution in [-0.4, -0.2) is 43.0 Å². The summed E-state index contributed by atoms with van der Waals surface area (Å²) in [4.78, 5) is 26.0. The van der Waals surface area contributed by atoms with Gasteiger partial charge in [0.15, 0.2) is 0 Å². The van der Waals surface area contributed by atoms with E-state index in [9.17, 15) is 9.59 Å². The van der Waals surface area contributed by atoms with Gasteiger partial charge in [-0.25, -0.2) is 0 Å². The maximum Gasteiger partial charge on any atom is 0.229 e. The summed E-state index contributed by atoms with van der Waals surface area (Å²) in [5, 5.41) is 3.44. The number of nitrogens with zero attached hydrogens (tertiary/aromatic N) is 1. The van der Waals surface area contributed by atoms with Crippen LogP contribution in [0.5, 0.6) is 0 Å². The maximum atomic E-state index is 12.3. The molecule has 1 N–H and O–H groups in total. The van der Waals surface area contributed by atoms with E-state index in [1.54, 1.807) is 24.1 Å². The van der Waals surface area contributed by atoms with E-state index in [-0.39, 0.29) is 30.2 Å². The van der Waals surface area contributed by atoms with Gasteiger partial charge in [0.1, 0.15) is 0 Å². The number of benzene rings is 1. The Kier molecular flexibility index (Phi) is 5.42. The summed E-state index contributed by atoms with van der Waals surface area (Å²) in [6.45, 7) is 4.71. The van der Waals surface area contributed by atoms with Gasteiger partial charge < -0.3 is 15.0 Å². The molecule has 0 saturated carbocycles. The van der Waals surface area contributed by atoms with Crippen LogP contribution in [0.25, 0.3) is 0 Å². The summed E-state index contributed by atoms with van der Waals surface area (Å²) < 4.78 is 5.07. The summed E-state index contributed by atoms with van der Waals surface area (Å²) in [6.07, 6.45) is 0.236. The third-order valence-electron chi connectivity index (χ3n) is 3.91. The Balaban J connectivity index is 1.99. The highest BCUT2D eigenvalue weighted by Crippen LogP contribution is 2.24. The summed E-state index contributed by atoms with van der Waals surface area (Å²) in [7, 11) is 1.60. The zero-order chi connectivity index (χ0) is 16.3. The Bertz CT molecular complexity index is 577. The van der Waals surface area contributed by atoms with E-state index in [1.807, 2.05) is 19.9 Å². The largest absolute Gasteiger partial charge is 0.383 e. The Hall–Kier alpha value is -1.59. The molecule has 5 nitrogen and oxygen atoms in total. The van der Waals surface area contributed by atoms with E-state index < -0.39 is 0 Å². The van der Waals surface area contributed by atoms with Crippen LogP contribution in [0.4, 0.5) is 5.69 Å². The number of amides is 2. The Morgan fingerprint density at radius 3 is 2.91 bits per heavy atom. The monoisotopic (exact) mass is 324 g/mol. The molecule has 1 aliphatic heterocycles. The molecule has 0 aliphatic carbocycles. The standard InChI is InChI=1S/C16H21ClN2O3/c1-10-4-5-13(7-14(10)17)18-16(21)12-6-15(20)19(8-12)11(2)9-22-3/h4-5,7,11-12H,6,8-9H2,1-3H3,(H,18,21)/t11-,12+/m0/s1. The number of rotatable bonds is 5. The van der Waals surface area contributed by atoms with E-state index >= 15 is 0 Å². The first-order valence-electron chi connectivity index (χ1n) is 7.27. The zero-order valence-electron chi connectivity index (χ0n) is 13.1. The fourth-order valence-corrected chi connectivity index (χ4v) is 2.76. The molecular formula is C16H21ClN2O3. The second-order valence-electron chi connectivity index (χ2n) is 5.70. The molecule has 1 aromatic rings. The molecule has 2 amide bonds. The van der Waals surface area contributed by atoms with Gasteiger partial charge in [-0.3, -0.25) is 9.59 Å². The smallest absolute Gasteiger partial charge is 0.229 e. The number of aryl methyl sites for hydroxylation is 1. The minimum absolute atomic E-state index is 0.00774. The summed E-state index contributed by atoms with van der Waals surface area (Å²) in [5.74, 6) is -0.501. The van der Waals surface area contributed by atoms with E-state index in [2.05, 4.69) is 5.32 Å². The second-order valence-corrected chi connectivity index (χ2v) is 6.11. The number of anilines is 1. The van der Waals surface area contributed by atoms with Crippen molar-refractivity contribution in [3.05, 3.63) is 28.8 Å². The molecule has 6 heteroatoms. The van der Waals surface area contributed by atoms with Gasteiger partial charge in [-0.1, -0.05) is 17.7 Å². The lowest BCUT2D eigenvalue weighted by molar-refractivity contribution is -0.130. The van der Waals surface area contributed by atoms with Gasteiger partial charge >= 0.3 is 0 Å². The number of carbonyl (C=O) groups is 2. The fraction of sp³-hybridized carbons (Fsp3) is 0.500. The van der Waals surface area contributed by atoms with Gasteiger partial charge in [0.25, 0.3) is 0 Å². The topological polar surface area (TPSA) is 58.6 Å². The average Bonchev–Trinajstić information content (AvgIpc) is 2.85. The van der Waals surface area contributed by atoms with Crippen molar-refractivity contribution in [3.8, 4) is 0 Å². The molecule has 0 unspecified atom stereocenters. The van der Waals surface area contributed by atoms with Crippen molar-refractivity contribution < 1.29 is 14.3 Å². The first kappa shape index (κ1) is 16.8. The number of ether oxygens (including phenoxy) is 1. The number of carbonyl (C=O) groups excluding carboxylic acids is 2. The second kappa shape index (κ2) is 7.11. The average molecular weight is 325 g/mol. The number of likely N-dealkylation sites (tertiary alicyclic amines) is 1. The Labute approximate surface area is 135 Å². The maximum absolute atomic E-state index is 12.3. The van der Waals surface area contributed by atoms with Gasteiger partial charge in [0, 0.05) is 30.8 Å². The van der Waals surface area contributed by atoms with Gasteiger partial charge in [0.05, 0.1) is 18.6 Å². The minimum atomic E-state index is -0.341. The summed E-state index contributed by atoms with van der Waals surface area (Å²) in [5.41, 5.74) is 1.60. The van der Waals surface area contributed by atoms with Crippen molar-refractivity contribution in [1.29, 1.82) is 0 Å². The van der Waals surface area contributed by atoms with E-state index in [0.29, 0.717) is 23.9 Å². The number of nitrogens with one attached hydrogen (secondary N) is 1. The van der Waals surface area contributed by atoms with Crippen LogP contribution in [-0.2, 0) is 14.3 Å². The lowest BCUT2D eigenvalue weighted by Gasteiger charge is -2.23. The molecule has 1 aliphatic rings. The Morgan fingerprint density at radius 2 is 2.27 bits per heavy atom. The molecule has 0 aromatic heterocycles. The molecule has 1 aromatic carbocycles. The molecule has 1 heterocycles. The predicted molar refractivity (Wildman–Crippen MR) is 86.0 cm³/mol. The van der Waals surface area contributed by atoms with Crippen LogP contribution in [0.1, 0.15) is 18.9 Å². The van der Waals surface area contributed by atoms with E-state index in [0.717, 1.165) is 5.56 Å². The van der Waals surface area contributed by atoms with Crippen LogP contribution in [0.2, 0.25) is 5.02 Å². The number of halogens is 1. The lowest BCUT2D eigenvalue weighted by Crippen LogP contribution is -2.38. The molecular weight excluding hydrogens is 304 g/mol. The molecule has 120 valence electrons. The van der Waals surface area contributed by atoms with E-state index in [1.165, 1.54) is 0 Å². The van der Waals surface area contributed by atoms with Gasteiger partial charge in [0.2, 0.25) is 11.8 Å². The van der Waals surface area contributed by atoms with Crippen molar-refractivity contribution >= 4 is 29.1 Å². The first-order valence-corrected chi connectivity index (χ1v) is 7.65. The minimum Gasteiger partial charge on any atom is -0.383 e. The van der Waals surface area contributed by atoms with Crippen LogP contribution < -0.4 is 5.32 Å². The van der Waals surface area contributed by atoms with Crippen molar-refractivity contribution in [3.63, 3.8) is 0 Å². The third-order valence-corrected chi connectivity index (χ3v) is 4.32. The van der Waals surface area contributed by atoms with Gasteiger partial charge in [-0.05, 0) is 31.5 Å². The van der Waals surface area contributed by atoms with Crippen molar-refractivity contribution in [1.82, 2.24) is 4.90 Å². The highest BCUT2D eigenvalue weighted by atomic mass is 35.5. The zero-order valence-corrected chi connectivity index (χ0v) is 13.8. The normalized spacial score (nSPS) is 19.4. The number of hydrogen-bond acceptors (Lipinski definition) is 3. The highest BCUT2D eigenvalue weighted by Gasteiger charge is 2.36. The molecule has 0 radical (unpaired) electrons. The van der Waals surface area contributed by atoms with Crippen molar-refractivity contribution in [2.24, 2.45) is 5.92 Å². The Morgan fingerprint density at radius 1 is 1.55 bits per heavy atom. The molecule has 2 rings (SSSR count). The van der Waals surface area contributed by atoms with Crippen LogP contribution in [0.15, 0.2) is 18.2 Å². The SMILES string of the molecule is COC[C@H](C)N1C[C@H](C(=O)Nc2ccc(C)c(Cl)c2)CC1=O. The van der Waals surface area contributed by atoms with Crippen LogP contribution in [0, 0.1) is 12.8 Å². The number of hydrogen-bond donors (Lipinski definition) is 1. The molecule has 1 fully saturated rings. The molecule has 22 heavy (non-hydrogen) atoms. The van der Waals surface area contributed by atoms with Crippen LogP contribution >= 0.6 is 11.6 Å². The molecule has 0 bridgehead atoms. The van der Waals surface area contributed by atoms with Crippen LogP contribution in [0.3, 0.4) is 0 Å². The quantitative estimate of drug-likeness (QED) is 0.905. The predicted octanol–water partition coefficient (Wildman–Crippen LogP) is 2.47. The number of methoxy groups -OCH3 is 1. The fourth-order valence-electron chi connectivity index (χ4n) is 2.58. The summed E-state index contributed by atoms with van der Waals surface area (Å²) in [6, 6.07) is 5.35.